The molecule has 0 aromatic rings. The predicted molar refractivity (Wildman–Crippen MR) is 49.9 cm³/mol. The molecule has 0 aromatic heterocycles. The Labute approximate surface area is 75.2 Å². The molecule has 2 saturated carbocycles. The van der Waals surface area contributed by atoms with E-state index >= 15 is 0 Å². The number of rotatable bonds is 0. The van der Waals surface area contributed by atoms with Gasteiger partial charge in [-0.25, -0.2) is 0 Å². The smallest absolute Gasteiger partial charge is 0.0543 e. The van der Waals surface area contributed by atoms with Crippen molar-refractivity contribution in [2.45, 2.75) is 58.0 Å². The van der Waals surface area contributed by atoms with Gasteiger partial charge in [-0.3, -0.25) is 0 Å². The van der Waals surface area contributed by atoms with Crippen molar-refractivity contribution in [1.82, 2.24) is 0 Å². The molecule has 1 heteroatoms. The van der Waals surface area contributed by atoms with E-state index in [2.05, 4.69) is 6.92 Å². The number of hydrogen-bond acceptors (Lipinski definition) is 1. The number of aliphatic hydroxyl groups excluding tert-OH is 1. The highest BCUT2D eigenvalue weighted by atomic mass is 16.3. The molecule has 2 aliphatic carbocycles. The summed E-state index contributed by atoms with van der Waals surface area (Å²) in [6, 6.07) is 0. The van der Waals surface area contributed by atoms with Gasteiger partial charge in [0.1, 0.15) is 0 Å². The normalized spacial score (nSPS) is 48.5. The molecule has 0 bridgehead atoms. The lowest BCUT2D eigenvalue weighted by Crippen LogP contribution is -2.38. The third-order valence-corrected chi connectivity index (χ3v) is 4.14. The first-order valence-corrected chi connectivity index (χ1v) is 5.39. The molecule has 1 unspecified atom stereocenters. The van der Waals surface area contributed by atoms with Crippen LogP contribution in [0, 0.1) is 11.3 Å². The van der Waals surface area contributed by atoms with Crippen molar-refractivity contribution in [2.24, 2.45) is 11.3 Å². The van der Waals surface area contributed by atoms with Crippen molar-refractivity contribution in [3.05, 3.63) is 0 Å². The van der Waals surface area contributed by atoms with E-state index in [1.54, 1.807) is 0 Å². The summed E-state index contributed by atoms with van der Waals surface area (Å²) in [5.41, 5.74) is 0.595. The first kappa shape index (κ1) is 8.55. The van der Waals surface area contributed by atoms with E-state index in [4.69, 9.17) is 0 Å². The third kappa shape index (κ3) is 1.39. The minimum absolute atomic E-state index is 0.0150. The van der Waals surface area contributed by atoms with Gasteiger partial charge in [-0.05, 0) is 43.4 Å². The fourth-order valence-electron chi connectivity index (χ4n) is 3.15. The molecule has 0 amide bonds. The molecule has 12 heavy (non-hydrogen) atoms. The molecule has 0 spiro atoms. The summed E-state index contributed by atoms with van der Waals surface area (Å²) in [7, 11) is 0. The van der Waals surface area contributed by atoms with E-state index in [0.29, 0.717) is 5.41 Å². The van der Waals surface area contributed by atoms with Crippen LogP contribution in [0.1, 0.15) is 51.9 Å². The Morgan fingerprint density at radius 2 is 2.00 bits per heavy atom. The van der Waals surface area contributed by atoms with Crippen molar-refractivity contribution in [2.75, 3.05) is 0 Å². The minimum atomic E-state index is 0.0150. The van der Waals surface area contributed by atoms with E-state index in [0.717, 1.165) is 18.8 Å². The maximum absolute atomic E-state index is 9.56. The van der Waals surface area contributed by atoms with Crippen LogP contribution in [0.4, 0.5) is 0 Å². The molecular formula is C11H20O. The SMILES string of the molecule is C[C@]12CCCC[C@H]1CC(O)CC2. The highest BCUT2D eigenvalue weighted by Crippen LogP contribution is 2.49. The summed E-state index contributed by atoms with van der Waals surface area (Å²) in [6.45, 7) is 2.43. The molecular weight excluding hydrogens is 148 g/mol. The summed E-state index contributed by atoms with van der Waals surface area (Å²) < 4.78 is 0. The first-order valence-electron chi connectivity index (χ1n) is 5.39. The zero-order valence-corrected chi connectivity index (χ0v) is 8.05. The lowest BCUT2D eigenvalue weighted by Gasteiger charge is -2.46. The van der Waals surface area contributed by atoms with Crippen molar-refractivity contribution < 1.29 is 5.11 Å². The van der Waals surface area contributed by atoms with Crippen LogP contribution >= 0.6 is 0 Å². The predicted octanol–water partition coefficient (Wildman–Crippen LogP) is 2.73. The molecule has 2 aliphatic rings. The van der Waals surface area contributed by atoms with Crippen molar-refractivity contribution in [3.8, 4) is 0 Å². The molecule has 0 aromatic carbocycles. The van der Waals surface area contributed by atoms with E-state index in [9.17, 15) is 5.11 Å². The van der Waals surface area contributed by atoms with Crippen LogP contribution in [-0.2, 0) is 0 Å². The lowest BCUT2D eigenvalue weighted by atomic mass is 9.60. The summed E-state index contributed by atoms with van der Waals surface area (Å²) in [5.74, 6) is 0.829. The van der Waals surface area contributed by atoms with Gasteiger partial charge in [0.05, 0.1) is 6.10 Å². The van der Waals surface area contributed by atoms with Crippen molar-refractivity contribution in [1.29, 1.82) is 0 Å². The van der Waals surface area contributed by atoms with Crippen LogP contribution in [-0.4, -0.2) is 11.2 Å². The highest BCUT2D eigenvalue weighted by molar-refractivity contribution is 4.91. The Bertz CT molecular complexity index is 166. The molecule has 0 radical (unpaired) electrons. The molecule has 3 atom stereocenters. The molecule has 70 valence electrons. The van der Waals surface area contributed by atoms with Gasteiger partial charge in [-0.1, -0.05) is 19.8 Å². The number of aliphatic hydroxyl groups is 1. The molecule has 0 heterocycles. The Morgan fingerprint density at radius 1 is 1.17 bits per heavy atom. The Balaban J connectivity index is 2.06. The van der Waals surface area contributed by atoms with E-state index < -0.39 is 0 Å². The van der Waals surface area contributed by atoms with Crippen LogP contribution in [0.2, 0.25) is 0 Å². The molecule has 2 fully saturated rings. The standard InChI is InChI=1S/C11H20O/c1-11-6-3-2-4-9(11)8-10(12)5-7-11/h9-10,12H,2-8H2,1H3/t9-,10?,11+/m0/s1. The van der Waals surface area contributed by atoms with Crippen molar-refractivity contribution in [3.63, 3.8) is 0 Å². The molecule has 2 rings (SSSR count). The second kappa shape index (κ2) is 3.02. The number of hydrogen-bond donors (Lipinski definition) is 1. The van der Waals surface area contributed by atoms with Gasteiger partial charge in [0.2, 0.25) is 0 Å². The summed E-state index contributed by atoms with van der Waals surface area (Å²) in [5, 5.41) is 9.56. The molecule has 1 nitrogen and oxygen atoms in total. The van der Waals surface area contributed by atoms with Gasteiger partial charge >= 0.3 is 0 Å². The van der Waals surface area contributed by atoms with Crippen LogP contribution in [0.3, 0.4) is 0 Å². The molecule has 0 aliphatic heterocycles. The second-order valence-corrected chi connectivity index (χ2v) is 5.02. The third-order valence-electron chi connectivity index (χ3n) is 4.14. The summed E-state index contributed by atoms with van der Waals surface area (Å²) in [4.78, 5) is 0. The van der Waals surface area contributed by atoms with E-state index in [1.165, 1.54) is 32.1 Å². The fourth-order valence-corrected chi connectivity index (χ4v) is 3.15. The Hall–Kier alpha value is -0.0400. The van der Waals surface area contributed by atoms with E-state index in [-0.39, 0.29) is 6.10 Å². The van der Waals surface area contributed by atoms with Crippen molar-refractivity contribution >= 4 is 0 Å². The first-order chi connectivity index (χ1) is 5.71. The zero-order chi connectivity index (χ0) is 8.60. The zero-order valence-electron chi connectivity index (χ0n) is 8.05. The van der Waals surface area contributed by atoms with Gasteiger partial charge in [0, 0.05) is 0 Å². The molecule has 0 saturated heterocycles. The van der Waals surface area contributed by atoms with Crippen LogP contribution in [0.15, 0.2) is 0 Å². The summed E-state index contributed by atoms with van der Waals surface area (Å²) in [6.07, 6.45) is 9.00. The fraction of sp³-hybridized carbons (Fsp3) is 1.00. The summed E-state index contributed by atoms with van der Waals surface area (Å²) >= 11 is 0. The lowest BCUT2D eigenvalue weighted by molar-refractivity contribution is -0.00751. The quantitative estimate of drug-likeness (QED) is 0.589. The molecule has 1 N–H and O–H groups in total. The maximum atomic E-state index is 9.56. The Kier molecular flexibility index (Phi) is 2.16. The van der Waals surface area contributed by atoms with E-state index in [1.807, 2.05) is 0 Å². The van der Waals surface area contributed by atoms with Gasteiger partial charge < -0.3 is 5.11 Å². The van der Waals surface area contributed by atoms with Gasteiger partial charge in [-0.15, -0.1) is 0 Å². The largest absolute Gasteiger partial charge is 0.393 e. The Morgan fingerprint density at radius 3 is 2.83 bits per heavy atom. The monoisotopic (exact) mass is 168 g/mol. The van der Waals surface area contributed by atoms with Gasteiger partial charge in [0.25, 0.3) is 0 Å². The second-order valence-electron chi connectivity index (χ2n) is 5.02. The van der Waals surface area contributed by atoms with Gasteiger partial charge in [-0.2, -0.15) is 0 Å². The van der Waals surface area contributed by atoms with Crippen LogP contribution in [0.25, 0.3) is 0 Å². The topological polar surface area (TPSA) is 20.2 Å². The van der Waals surface area contributed by atoms with Crippen LogP contribution in [0.5, 0.6) is 0 Å². The average molecular weight is 168 g/mol. The average Bonchev–Trinajstić information content (AvgIpc) is 2.06. The van der Waals surface area contributed by atoms with Crippen LogP contribution < -0.4 is 0 Å². The highest BCUT2D eigenvalue weighted by Gasteiger charge is 2.40. The van der Waals surface area contributed by atoms with Gasteiger partial charge in [0.15, 0.2) is 0 Å². The minimum Gasteiger partial charge on any atom is -0.393 e. The maximum Gasteiger partial charge on any atom is 0.0543 e. The number of fused-ring (bicyclic) bond motifs is 1.